The van der Waals surface area contributed by atoms with Crippen molar-refractivity contribution in [3.63, 3.8) is 0 Å². The number of morpholine rings is 1. The third-order valence-corrected chi connectivity index (χ3v) is 3.19. The summed E-state index contributed by atoms with van der Waals surface area (Å²) in [6, 6.07) is 3.72. The topological polar surface area (TPSA) is 68.7 Å². The molecule has 1 fully saturated rings. The molecule has 3 heterocycles. The second kappa shape index (κ2) is 4.91. The van der Waals surface area contributed by atoms with Gasteiger partial charge in [-0.1, -0.05) is 0 Å². The first-order valence-corrected chi connectivity index (χ1v) is 6.23. The number of rotatable bonds is 3. The average Bonchev–Trinajstić information content (AvgIpc) is 2.82. The summed E-state index contributed by atoms with van der Waals surface area (Å²) < 4.78 is 7.06. The van der Waals surface area contributed by atoms with E-state index in [4.69, 9.17) is 10.5 Å². The van der Waals surface area contributed by atoms with Gasteiger partial charge in [0.05, 0.1) is 18.9 Å². The van der Waals surface area contributed by atoms with Crippen molar-refractivity contribution >= 4 is 11.3 Å². The van der Waals surface area contributed by atoms with Gasteiger partial charge < -0.3 is 10.5 Å². The zero-order valence-corrected chi connectivity index (χ0v) is 10.2. The van der Waals surface area contributed by atoms with Crippen LogP contribution in [0.2, 0.25) is 0 Å². The van der Waals surface area contributed by atoms with Crippen LogP contribution in [0.3, 0.4) is 0 Å². The third-order valence-electron chi connectivity index (χ3n) is 3.19. The standard InChI is InChI=1S/C12H17N5O/c13-10-2-1-4-17-12(10)14-11(15-17)3-5-16-6-8-18-9-7-16/h1-2,4H,3,5-9,13H2. The molecular formula is C12H17N5O. The van der Waals surface area contributed by atoms with Crippen LogP contribution in [0.15, 0.2) is 18.3 Å². The summed E-state index contributed by atoms with van der Waals surface area (Å²) >= 11 is 0. The summed E-state index contributed by atoms with van der Waals surface area (Å²) in [4.78, 5) is 6.84. The minimum absolute atomic E-state index is 0.669. The molecule has 6 heteroatoms. The highest BCUT2D eigenvalue weighted by atomic mass is 16.5. The van der Waals surface area contributed by atoms with Gasteiger partial charge >= 0.3 is 0 Å². The molecule has 2 N–H and O–H groups in total. The van der Waals surface area contributed by atoms with Crippen molar-refractivity contribution in [1.82, 2.24) is 19.5 Å². The fourth-order valence-electron chi connectivity index (χ4n) is 2.16. The largest absolute Gasteiger partial charge is 0.396 e. The molecule has 3 rings (SSSR count). The Bertz CT molecular complexity index is 532. The van der Waals surface area contributed by atoms with Gasteiger partial charge in [-0.2, -0.15) is 5.10 Å². The van der Waals surface area contributed by atoms with E-state index in [1.807, 2.05) is 18.3 Å². The molecule has 0 spiro atoms. The molecule has 6 nitrogen and oxygen atoms in total. The number of hydrogen-bond acceptors (Lipinski definition) is 5. The van der Waals surface area contributed by atoms with Crippen LogP contribution in [-0.4, -0.2) is 52.3 Å². The van der Waals surface area contributed by atoms with E-state index in [9.17, 15) is 0 Å². The van der Waals surface area contributed by atoms with Gasteiger partial charge in [-0.05, 0) is 12.1 Å². The number of fused-ring (bicyclic) bond motifs is 1. The summed E-state index contributed by atoms with van der Waals surface area (Å²) in [5.41, 5.74) is 7.27. The Morgan fingerprint density at radius 2 is 2.17 bits per heavy atom. The van der Waals surface area contributed by atoms with Crippen LogP contribution in [0.1, 0.15) is 5.82 Å². The Hall–Kier alpha value is -1.66. The zero-order valence-electron chi connectivity index (χ0n) is 10.2. The fraction of sp³-hybridized carbons (Fsp3) is 0.500. The van der Waals surface area contributed by atoms with Gasteiger partial charge in [0, 0.05) is 32.3 Å². The number of pyridine rings is 1. The Morgan fingerprint density at radius 1 is 1.33 bits per heavy atom. The van der Waals surface area contributed by atoms with Crippen molar-refractivity contribution < 1.29 is 4.74 Å². The first-order valence-electron chi connectivity index (χ1n) is 6.23. The highest BCUT2D eigenvalue weighted by molar-refractivity contribution is 5.63. The number of anilines is 1. The monoisotopic (exact) mass is 247 g/mol. The summed E-state index contributed by atoms with van der Waals surface area (Å²) in [6.45, 7) is 4.61. The van der Waals surface area contributed by atoms with Crippen LogP contribution >= 0.6 is 0 Å². The summed E-state index contributed by atoms with van der Waals surface area (Å²) in [5, 5.41) is 4.43. The van der Waals surface area contributed by atoms with Crippen LogP contribution in [0.5, 0.6) is 0 Å². The van der Waals surface area contributed by atoms with Crippen LogP contribution < -0.4 is 5.73 Å². The number of nitrogens with zero attached hydrogens (tertiary/aromatic N) is 4. The van der Waals surface area contributed by atoms with Gasteiger partial charge in [0.1, 0.15) is 0 Å². The molecule has 0 saturated carbocycles. The van der Waals surface area contributed by atoms with Gasteiger partial charge in [-0.25, -0.2) is 9.50 Å². The van der Waals surface area contributed by atoms with E-state index in [0.717, 1.165) is 50.7 Å². The smallest absolute Gasteiger partial charge is 0.178 e. The van der Waals surface area contributed by atoms with E-state index in [1.165, 1.54) is 0 Å². The predicted molar refractivity (Wildman–Crippen MR) is 68.4 cm³/mol. The minimum Gasteiger partial charge on any atom is -0.396 e. The molecule has 2 aromatic rings. The Morgan fingerprint density at radius 3 is 2.94 bits per heavy atom. The lowest BCUT2D eigenvalue weighted by atomic mass is 10.3. The van der Waals surface area contributed by atoms with E-state index in [-0.39, 0.29) is 0 Å². The number of nitrogens with two attached hydrogens (primary N) is 1. The number of nitrogen functional groups attached to an aromatic ring is 1. The normalized spacial score (nSPS) is 17.3. The lowest BCUT2D eigenvalue weighted by molar-refractivity contribution is 0.0382. The molecule has 0 aliphatic carbocycles. The maximum atomic E-state index is 5.86. The molecule has 1 aliphatic rings. The number of aromatic nitrogens is 3. The maximum absolute atomic E-state index is 5.86. The molecule has 1 saturated heterocycles. The Labute approximate surface area is 105 Å². The zero-order chi connectivity index (χ0) is 12.4. The SMILES string of the molecule is Nc1cccn2nc(CCN3CCOCC3)nc12. The molecule has 2 aromatic heterocycles. The second-order valence-electron chi connectivity index (χ2n) is 4.46. The molecule has 0 unspecified atom stereocenters. The summed E-state index contributed by atoms with van der Waals surface area (Å²) in [7, 11) is 0. The van der Waals surface area contributed by atoms with Gasteiger partial charge in [-0.15, -0.1) is 0 Å². The molecule has 96 valence electrons. The second-order valence-corrected chi connectivity index (χ2v) is 4.46. The molecular weight excluding hydrogens is 230 g/mol. The van der Waals surface area contributed by atoms with Gasteiger partial charge in [0.2, 0.25) is 0 Å². The van der Waals surface area contributed by atoms with Crippen molar-refractivity contribution in [2.24, 2.45) is 0 Å². The Balaban J connectivity index is 1.69. The molecule has 0 aromatic carbocycles. The van der Waals surface area contributed by atoms with E-state index >= 15 is 0 Å². The van der Waals surface area contributed by atoms with E-state index in [1.54, 1.807) is 4.52 Å². The van der Waals surface area contributed by atoms with Crippen molar-refractivity contribution in [1.29, 1.82) is 0 Å². The minimum atomic E-state index is 0.669. The molecule has 18 heavy (non-hydrogen) atoms. The van der Waals surface area contributed by atoms with E-state index < -0.39 is 0 Å². The lowest BCUT2D eigenvalue weighted by Crippen LogP contribution is -2.37. The van der Waals surface area contributed by atoms with E-state index in [2.05, 4.69) is 15.0 Å². The van der Waals surface area contributed by atoms with Crippen LogP contribution in [0, 0.1) is 0 Å². The fourth-order valence-corrected chi connectivity index (χ4v) is 2.16. The molecule has 0 radical (unpaired) electrons. The lowest BCUT2D eigenvalue weighted by Gasteiger charge is -2.25. The van der Waals surface area contributed by atoms with Crippen molar-refractivity contribution in [2.45, 2.75) is 6.42 Å². The summed E-state index contributed by atoms with van der Waals surface area (Å²) in [6.07, 6.45) is 2.72. The van der Waals surface area contributed by atoms with Crippen molar-refractivity contribution in [3.05, 3.63) is 24.2 Å². The van der Waals surface area contributed by atoms with E-state index in [0.29, 0.717) is 5.69 Å². The average molecular weight is 247 g/mol. The van der Waals surface area contributed by atoms with Gasteiger partial charge in [0.15, 0.2) is 11.5 Å². The van der Waals surface area contributed by atoms with Gasteiger partial charge in [-0.3, -0.25) is 4.90 Å². The van der Waals surface area contributed by atoms with Crippen molar-refractivity contribution in [2.75, 3.05) is 38.6 Å². The number of hydrogen-bond donors (Lipinski definition) is 1. The highest BCUT2D eigenvalue weighted by Gasteiger charge is 2.12. The van der Waals surface area contributed by atoms with Crippen LogP contribution in [0.25, 0.3) is 5.65 Å². The Kier molecular flexibility index (Phi) is 3.12. The van der Waals surface area contributed by atoms with Crippen LogP contribution in [0.4, 0.5) is 5.69 Å². The molecule has 1 aliphatic heterocycles. The number of ether oxygens (including phenoxy) is 1. The quantitative estimate of drug-likeness (QED) is 0.838. The summed E-state index contributed by atoms with van der Waals surface area (Å²) in [5.74, 6) is 0.847. The highest BCUT2D eigenvalue weighted by Crippen LogP contribution is 2.10. The third kappa shape index (κ3) is 2.30. The first kappa shape index (κ1) is 11.4. The predicted octanol–water partition coefficient (Wildman–Crippen LogP) is 0.186. The molecule has 0 atom stereocenters. The van der Waals surface area contributed by atoms with Crippen molar-refractivity contribution in [3.8, 4) is 0 Å². The maximum Gasteiger partial charge on any atom is 0.178 e. The van der Waals surface area contributed by atoms with Crippen LogP contribution in [-0.2, 0) is 11.2 Å². The molecule has 0 bridgehead atoms. The first-order chi connectivity index (χ1) is 8.83. The molecule has 0 amide bonds. The van der Waals surface area contributed by atoms with Gasteiger partial charge in [0.25, 0.3) is 0 Å².